The highest BCUT2D eigenvalue weighted by Crippen LogP contribution is 2.22. The number of nitrogens with zero attached hydrogens (tertiary/aromatic N) is 2. The SMILES string of the molecule is CNC(=O)[C@@H](C)N(CCc1ccccc1)C(=O)CCCN(c1cc(C)cc(C)c1)S(C)(=O)=O. The van der Waals surface area contributed by atoms with Crippen molar-refractivity contribution in [3.05, 3.63) is 65.2 Å². The number of carbonyl (C=O) groups excluding carboxylic acids is 2. The normalized spacial score (nSPS) is 12.2. The number of aryl methyl sites for hydroxylation is 2. The van der Waals surface area contributed by atoms with Crippen LogP contribution >= 0.6 is 0 Å². The molecule has 1 N–H and O–H groups in total. The maximum atomic E-state index is 13.1. The number of anilines is 1. The molecule has 0 bridgehead atoms. The van der Waals surface area contributed by atoms with Crippen molar-refractivity contribution in [2.75, 3.05) is 30.7 Å². The van der Waals surface area contributed by atoms with E-state index in [1.54, 1.807) is 18.9 Å². The van der Waals surface area contributed by atoms with Crippen LogP contribution in [0.2, 0.25) is 0 Å². The van der Waals surface area contributed by atoms with Gasteiger partial charge in [-0.2, -0.15) is 0 Å². The van der Waals surface area contributed by atoms with Gasteiger partial charge in [0.05, 0.1) is 11.9 Å². The molecule has 2 amide bonds. The van der Waals surface area contributed by atoms with Gasteiger partial charge < -0.3 is 10.2 Å². The third kappa shape index (κ3) is 7.89. The summed E-state index contributed by atoms with van der Waals surface area (Å²) < 4.78 is 26.2. The summed E-state index contributed by atoms with van der Waals surface area (Å²) in [5.74, 6) is -0.402. The predicted molar refractivity (Wildman–Crippen MR) is 133 cm³/mol. The molecular weight excluding hydrogens is 438 g/mol. The molecule has 0 aromatic heterocycles. The molecule has 0 radical (unpaired) electrons. The Morgan fingerprint density at radius 2 is 1.61 bits per heavy atom. The van der Waals surface area contributed by atoms with Crippen LogP contribution in [0.25, 0.3) is 0 Å². The van der Waals surface area contributed by atoms with Crippen LogP contribution in [0, 0.1) is 13.8 Å². The number of sulfonamides is 1. The van der Waals surface area contributed by atoms with Gasteiger partial charge in [-0.25, -0.2) is 8.42 Å². The molecule has 33 heavy (non-hydrogen) atoms. The number of hydrogen-bond acceptors (Lipinski definition) is 4. The molecule has 180 valence electrons. The van der Waals surface area contributed by atoms with Crippen LogP contribution in [0.4, 0.5) is 5.69 Å². The third-order valence-corrected chi connectivity index (χ3v) is 6.74. The van der Waals surface area contributed by atoms with Gasteiger partial charge in [-0.05, 0) is 62.4 Å². The van der Waals surface area contributed by atoms with E-state index in [4.69, 9.17) is 0 Å². The molecular formula is C25H35N3O4S. The molecule has 0 heterocycles. The van der Waals surface area contributed by atoms with E-state index in [0.29, 0.717) is 25.1 Å². The van der Waals surface area contributed by atoms with Gasteiger partial charge in [-0.1, -0.05) is 36.4 Å². The van der Waals surface area contributed by atoms with Crippen molar-refractivity contribution in [1.82, 2.24) is 10.2 Å². The molecule has 2 rings (SSSR count). The van der Waals surface area contributed by atoms with Crippen LogP contribution in [0.15, 0.2) is 48.5 Å². The first-order chi connectivity index (χ1) is 15.5. The van der Waals surface area contributed by atoms with Crippen LogP contribution in [0.5, 0.6) is 0 Å². The van der Waals surface area contributed by atoms with Gasteiger partial charge in [0.2, 0.25) is 21.8 Å². The van der Waals surface area contributed by atoms with Crippen molar-refractivity contribution in [2.45, 2.75) is 46.1 Å². The lowest BCUT2D eigenvalue weighted by Gasteiger charge is -2.29. The average molecular weight is 474 g/mol. The Morgan fingerprint density at radius 1 is 1.00 bits per heavy atom. The quantitative estimate of drug-likeness (QED) is 0.543. The average Bonchev–Trinajstić information content (AvgIpc) is 2.75. The van der Waals surface area contributed by atoms with Crippen LogP contribution in [0.3, 0.4) is 0 Å². The van der Waals surface area contributed by atoms with Crippen molar-refractivity contribution in [1.29, 1.82) is 0 Å². The van der Waals surface area contributed by atoms with Crippen molar-refractivity contribution >= 4 is 27.5 Å². The second-order valence-electron chi connectivity index (χ2n) is 8.40. The highest BCUT2D eigenvalue weighted by Gasteiger charge is 2.25. The van der Waals surface area contributed by atoms with E-state index in [2.05, 4.69) is 5.32 Å². The number of carbonyl (C=O) groups is 2. The first-order valence-electron chi connectivity index (χ1n) is 11.1. The molecule has 7 nitrogen and oxygen atoms in total. The summed E-state index contributed by atoms with van der Waals surface area (Å²) in [6.45, 7) is 6.15. The second-order valence-corrected chi connectivity index (χ2v) is 10.3. The summed E-state index contributed by atoms with van der Waals surface area (Å²) in [7, 11) is -1.96. The summed E-state index contributed by atoms with van der Waals surface area (Å²) in [5.41, 5.74) is 3.63. The lowest BCUT2D eigenvalue weighted by molar-refractivity contribution is -0.139. The number of hydrogen-bond donors (Lipinski definition) is 1. The van der Waals surface area contributed by atoms with Crippen molar-refractivity contribution in [3.63, 3.8) is 0 Å². The Bertz CT molecular complexity index is 1030. The Balaban J connectivity index is 2.10. The third-order valence-electron chi connectivity index (χ3n) is 5.54. The summed E-state index contributed by atoms with van der Waals surface area (Å²) in [4.78, 5) is 26.9. The van der Waals surface area contributed by atoms with Crippen LogP contribution in [0.1, 0.15) is 36.5 Å². The standard InChI is InChI=1S/C25H35N3O4S/c1-19-16-20(2)18-23(17-19)28(33(5,31)32)14-9-12-24(29)27(21(3)25(30)26-4)15-13-22-10-7-6-8-11-22/h6-8,10-11,16-18,21H,9,12-15H2,1-5H3,(H,26,30)/t21-/m1/s1. The summed E-state index contributed by atoms with van der Waals surface area (Å²) in [6.07, 6.45) is 2.30. The maximum Gasteiger partial charge on any atom is 0.242 e. The topological polar surface area (TPSA) is 86.8 Å². The van der Waals surface area contributed by atoms with Gasteiger partial charge in [0.25, 0.3) is 0 Å². The fourth-order valence-corrected chi connectivity index (χ4v) is 4.83. The number of likely N-dealkylation sites (N-methyl/N-ethyl adjacent to an activating group) is 1. The highest BCUT2D eigenvalue weighted by molar-refractivity contribution is 7.92. The van der Waals surface area contributed by atoms with Gasteiger partial charge in [-0.15, -0.1) is 0 Å². The zero-order chi connectivity index (χ0) is 24.6. The number of rotatable bonds is 11. The largest absolute Gasteiger partial charge is 0.357 e. The molecule has 0 unspecified atom stereocenters. The lowest BCUT2D eigenvalue weighted by Crippen LogP contribution is -2.48. The molecule has 0 aliphatic heterocycles. The molecule has 2 aromatic carbocycles. The Hall–Kier alpha value is -2.87. The maximum absolute atomic E-state index is 13.1. The highest BCUT2D eigenvalue weighted by atomic mass is 32.2. The van der Waals surface area contributed by atoms with E-state index in [9.17, 15) is 18.0 Å². The summed E-state index contributed by atoms with van der Waals surface area (Å²) in [6, 6.07) is 14.8. The molecule has 1 atom stereocenters. The van der Waals surface area contributed by atoms with Gasteiger partial charge in [-0.3, -0.25) is 13.9 Å². The van der Waals surface area contributed by atoms with E-state index in [0.717, 1.165) is 16.7 Å². The molecule has 2 aromatic rings. The minimum Gasteiger partial charge on any atom is -0.357 e. The Morgan fingerprint density at radius 3 is 2.15 bits per heavy atom. The van der Waals surface area contributed by atoms with E-state index < -0.39 is 16.1 Å². The first-order valence-corrected chi connectivity index (χ1v) is 13.0. The first kappa shape index (κ1) is 26.4. The van der Waals surface area contributed by atoms with Crippen LogP contribution < -0.4 is 9.62 Å². The Labute approximate surface area is 197 Å². The second kappa shape index (κ2) is 11.8. The zero-order valence-corrected chi connectivity index (χ0v) is 21.0. The fourth-order valence-electron chi connectivity index (χ4n) is 3.88. The van der Waals surface area contributed by atoms with E-state index in [1.165, 1.54) is 10.6 Å². The minimum absolute atomic E-state index is 0.146. The van der Waals surface area contributed by atoms with Gasteiger partial charge in [0.15, 0.2) is 0 Å². The monoisotopic (exact) mass is 473 g/mol. The molecule has 0 saturated heterocycles. The molecule has 0 spiro atoms. The van der Waals surface area contributed by atoms with E-state index >= 15 is 0 Å². The van der Waals surface area contributed by atoms with E-state index in [-0.39, 0.29) is 24.8 Å². The number of benzene rings is 2. The van der Waals surface area contributed by atoms with Crippen molar-refractivity contribution in [3.8, 4) is 0 Å². The molecule has 0 aliphatic carbocycles. The van der Waals surface area contributed by atoms with Gasteiger partial charge in [0, 0.05) is 26.6 Å². The van der Waals surface area contributed by atoms with Gasteiger partial charge in [0.1, 0.15) is 6.04 Å². The molecule has 0 saturated carbocycles. The van der Waals surface area contributed by atoms with Crippen LogP contribution in [-0.4, -0.2) is 57.6 Å². The van der Waals surface area contributed by atoms with Crippen molar-refractivity contribution < 1.29 is 18.0 Å². The summed E-state index contributed by atoms with van der Waals surface area (Å²) in [5, 5.41) is 2.60. The summed E-state index contributed by atoms with van der Waals surface area (Å²) >= 11 is 0. The lowest BCUT2D eigenvalue weighted by atomic mass is 10.1. The minimum atomic E-state index is -3.51. The Kier molecular flexibility index (Phi) is 9.46. The molecule has 0 aliphatic rings. The molecule has 8 heteroatoms. The van der Waals surface area contributed by atoms with Crippen LogP contribution in [-0.2, 0) is 26.0 Å². The zero-order valence-electron chi connectivity index (χ0n) is 20.2. The number of amides is 2. The number of nitrogens with one attached hydrogen (secondary N) is 1. The molecule has 0 fully saturated rings. The predicted octanol–water partition coefficient (Wildman–Crippen LogP) is 3.06. The smallest absolute Gasteiger partial charge is 0.242 e. The van der Waals surface area contributed by atoms with Gasteiger partial charge >= 0.3 is 0 Å². The fraction of sp³-hybridized carbons (Fsp3) is 0.440. The van der Waals surface area contributed by atoms with Crippen molar-refractivity contribution in [2.24, 2.45) is 0 Å². The van der Waals surface area contributed by atoms with E-state index in [1.807, 2.05) is 62.4 Å².